The van der Waals surface area contributed by atoms with Crippen molar-refractivity contribution < 1.29 is 0 Å². The van der Waals surface area contributed by atoms with Gasteiger partial charge in [-0.05, 0) is 79.9 Å². The fourth-order valence-corrected chi connectivity index (χ4v) is 8.03. The molecule has 7 rings (SSSR count). The summed E-state index contributed by atoms with van der Waals surface area (Å²) in [6.45, 7) is 2.33. The van der Waals surface area contributed by atoms with E-state index < -0.39 is 0 Å². The molecular formula is C34H30IN3OS. The van der Waals surface area contributed by atoms with Crippen molar-refractivity contribution in [1.29, 1.82) is 0 Å². The molecule has 6 aromatic rings. The Morgan fingerprint density at radius 2 is 1.57 bits per heavy atom. The fraction of sp³-hybridized carbons (Fsp3) is 0.206. The second-order valence-corrected chi connectivity index (χ2v) is 12.9. The zero-order valence-corrected chi connectivity index (χ0v) is 25.3. The van der Waals surface area contributed by atoms with E-state index in [4.69, 9.17) is 0 Å². The zero-order valence-electron chi connectivity index (χ0n) is 22.3. The van der Waals surface area contributed by atoms with Crippen LogP contribution >= 0.6 is 34.2 Å². The van der Waals surface area contributed by atoms with Crippen molar-refractivity contribution in [2.45, 2.75) is 24.8 Å². The number of fused-ring (bicyclic) bond motifs is 2. The molecule has 3 aromatic carbocycles. The van der Waals surface area contributed by atoms with E-state index in [1.807, 2.05) is 29.0 Å². The van der Waals surface area contributed by atoms with Crippen LogP contribution in [0, 0.1) is 0 Å². The molecule has 4 heterocycles. The van der Waals surface area contributed by atoms with E-state index >= 15 is 0 Å². The van der Waals surface area contributed by atoms with Crippen molar-refractivity contribution in [2.75, 3.05) is 20.1 Å². The van der Waals surface area contributed by atoms with Crippen molar-refractivity contribution in [3.8, 4) is 10.4 Å². The zero-order chi connectivity index (χ0) is 27.2. The van der Waals surface area contributed by atoms with Crippen molar-refractivity contribution >= 4 is 55.2 Å². The Labute approximate surface area is 252 Å². The third-order valence-electron chi connectivity index (χ3n) is 8.34. The van der Waals surface area contributed by atoms with E-state index in [0.29, 0.717) is 5.92 Å². The quantitative estimate of drug-likeness (QED) is 0.175. The minimum atomic E-state index is -0.234. The Kier molecular flexibility index (Phi) is 6.86. The number of nitrogens with zero attached hydrogens (tertiary/aromatic N) is 3. The molecule has 6 heteroatoms. The summed E-state index contributed by atoms with van der Waals surface area (Å²) in [7, 11) is 2.21. The van der Waals surface area contributed by atoms with Gasteiger partial charge >= 0.3 is 0 Å². The molecule has 200 valence electrons. The summed E-state index contributed by atoms with van der Waals surface area (Å²) in [6.07, 6.45) is 4.41. The van der Waals surface area contributed by atoms with Crippen LogP contribution in [0.5, 0.6) is 0 Å². The number of benzene rings is 3. The van der Waals surface area contributed by atoms with Gasteiger partial charge in [-0.1, -0.05) is 72.8 Å². The summed E-state index contributed by atoms with van der Waals surface area (Å²) in [5, 5.41) is 2.17. The molecule has 1 aliphatic heterocycles. The van der Waals surface area contributed by atoms with Gasteiger partial charge in [0, 0.05) is 21.8 Å². The van der Waals surface area contributed by atoms with Gasteiger partial charge in [-0.15, -0.1) is 11.3 Å². The number of aromatic nitrogens is 2. The first-order valence-electron chi connectivity index (χ1n) is 13.8. The summed E-state index contributed by atoms with van der Waals surface area (Å²) in [5.41, 5.74) is 5.97. The Morgan fingerprint density at radius 3 is 2.33 bits per heavy atom. The topological polar surface area (TPSA) is 30.2 Å². The minimum Gasteiger partial charge on any atom is -0.306 e. The van der Waals surface area contributed by atoms with E-state index in [2.05, 4.69) is 116 Å². The van der Waals surface area contributed by atoms with E-state index in [1.54, 1.807) is 11.3 Å². The summed E-state index contributed by atoms with van der Waals surface area (Å²) in [6, 6.07) is 34.0. The summed E-state index contributed by atoms with van der Waals surface area (Å²) in [4.78, 5) is 17.7. The molecule has 0 N–H and O–H groups in total. The number of pyridine rings is 1. The molecule has 0 amide bonds. The van der Waals surface area contributed by atoms with Gasteiger partial charge in [0.05, 0.1) is 34.1 Å². The number of para-hydroxylation sites is 1. The average molecular weight is 656 g/mol. The van der Waals surface area contributed by atoms with Gasteiger partial charge in [0.2, 0.25) is 0 Å². The van der Waals surface area contributed by atoms with Crippen LogP contribution in [-0.4, -0.2) is 32.4 Å². The number of hydrogen-bond donors (Lipinski definition) is 0. The Bertz CT molecular complexity index is 1860. The molecule has 0 spiro atoms. The molecule has 1 saturated heterocycles. The normalized spacial score (nSPS) is 15.7. The summed E-state index contributed by atoms with van der Waals surface area (Å²) < 4.78 is 4.89. The largest absolute Gasteiger partial charge is 0.306 e. The lowest BCUT2D eigenvalue weighted by Gasteiger charge is -2.29. The van der Waals surface area contributed by atoms with Crippen LogP contribution in [0.4, 0.5) is 0 Å². The predicted molar refractivity (Wildman–Crippen MR) is 176 cm³/mol. The maximum atomic E-state index is 14.1. The van der Waals surface area contributed by atoms with Crippen LogP contribution in [-0.2, 0) is 0 Å². The highest BCUT2D eigenvalue weighted by molar-refractivity contribution is 14.1. The Morgan fingerprint density at radius 1 is 0.850 bits per heavy atom. The summed E-state index contributed by atoms with van der Waals surface area (Å²) >= 11 is 3.97. The fourth-order valence-electron chi connectivity index (χ4n) is 6.09. The first-order valence-corrected chi connectivity index (χ1v) is 15.6. The number of thiophene rings is 1. The molecule has 0 bridgehead atoms. The molecule has 0 aliphatic carbocycles. The predicted octanol–water partition coefficient (Wildman–Crippen LogP) is 8.33. The highest BCUT2D eigenvalue weighted by Gasteiger charge is 2.24. The van der Waals surface area contributed by atoms with Crippen LogP contribution in [0.3, 0.4) is 0 Å². The number of halogens is 1. The molecule has 1 unspecified atom stereocenters. The van der Waals surface area contributed by atoms with Crippen molar-refractivity contribution in [1.82, 2.24) is 12.2 Å². The van der Waals surface area contributed by atoms with Crippen LogP contribution < -0.4 is 5.56 Å². The van der Waals surface area contributed by atoms with Crippen LogP contribution in [0.15, 0.2) is 108 Å². The molecule has 40 heavy (non-hydrogen) atoms. The SMILES string of the molecule is CN1CCC(c2ccc(-c3cc4ccn(C(c5ccccc5)c5cc6ccccc6n5I)c(=O)c4s3)cc2)CC1. The minimum absolute atomic E-state index is 0.0483. The van der Waals surface area contributed by atoms with Gasteiger partial charge in [0.1, 0.15) is 10.7 Å². The third kappa shape index (κ3) is 4.62. The molecule has 4 nitrogen and oxygen atoms in total. The number of piperidine rings is 1. The standard InChI is InChI=1S/C34H30IN3OS/c1-36-18-15-24(16-19-36)23-11-13-25(14-12-23)31-22-28-17-20-37(34(39)33(28)40-31)32(26-7-3-2-4-8-26)30-21-27-9-5-6-10-29(27)38(30)35/h2-14,17,20-22,24,32H,15-16,18-19H2,1H3. The van der Waals surface area contributed by atoms with Crippen LogP contribution in [0.25, 0.3) is 31.4 Å². The first-order chi connectivity index (χ1) is 19.6. The molecule has 1 aliphatic rings. The lowest BCUT2D eigenvalue weighted by molar-refractivity contribution is 0.255. The molecule has 0 saturated carbocycles. The van der Waals surface area contributed by atoms with Crippen molar-refractivity contribution in [2.24, 2.45) is 0 Å². The maximum absolute atomic E-state index is 14.1. The average Bonchev–Trinajstić information content (AvgIpc) is 3.58. The summed E-state index contributed by atoms with van der Waals surface area (Å²) in [5.74, 6) is 0.642. The molecule has 1 atom stereocenters. The number of hydrogen-bond acceptors (Lipinski definition) is 3. The molecule has 0 radical (unpaired) electrons. The third-order valence-corrected chi connectivity index (χ3v) is 10.6. The highest BCUT2D eigenvalue weighted by Crippen LogP contribution is 2.36. The Hall–Kier alpha value is -3.20. The van der Waals surface area contributed by atoms with Gasteiger partial charge in [-0.25, -0.2) is 0 Å². The second-order valence-electron chi connectivity index (χ2n) is 10.8. The smallest absolute Gasteiger partial charge is 0.269 e. The van der Waals surface area contributed by atoms with Gasteiger partial charge < -0.3 is 9.47 Å². The maximum Gasteiger partial charge on any atom is 0.269 e. The van der Waals surface area contributed by atoms with Gasteiger partial charge in [0.15, 0.2) is 0 Å². The van der Waals surface area contributed by atoms with Crippen molar-refractivity contribution in [3.05, 3.63) is 130 Å². The number of rotatable bonds is 5. The Balaban J connectivity index is 1.29. The number of likely N-dealkylation sites (tertiary alicyclic amines) is 1. The lowest BCUT2D eigenvalue weighted by Crippen LogP contribution is -2.29. The second kappa shape index (κ2) is 10.7. The highest BCUT2D eigenvalue weighted by atomic mass is 127. The van der Waals surface area contributed by atoms with E-state index in [-0.39, 0.29) is 11.6 Å². The molecular weight excluding hydrogens is 625 g/mol. The monoisotopic (exact) mass is 655 g/mol. The van der Waals surface area contributed by atoms with E-state index in [9.17, 15) is 4.79 Å². The van der Waals surface area contributed by atoms with Gasteiger partial charge in [0.25, 0.3) is 5.56 Å². The van der Waals surface area contributed by atoms with E-state index in [1.165, 1.54) is 29.4 Å². The van der Waals surface area contributed by atoms with Gasteiger partial charge in [-0.3, -0.25) is 7.58 Å². The van der Waals surface area contributed by atoms with Crippen molar-refractivity contribution in [3.63, 3.8) is 0 Å². The van der Waals surface area contributed by atoms with E-state index in [0.717, 1.165) is 44.8 Å². The molecule has 1 fully saturated rings. The van der Waals surface area contributed by atoms with Crippen LogP contribution in [0.2, 0.25) is 0 Å². The molecule has 3 aromatic heterocycles. The first kappa shape index (κ1) is 25.7. The van der Waals surface area contributed by atoms with Gasteiger partial charge in [-0.2, -0.15) is 0 Å². The van der Waals surface area contributed by atoms with Crippen LogP contribution in [0.1, 0.15) is 41.6 Å². The lowest BCUT2D eigenvalue weighted by atomic mass is 9.89.